The van der Waals surface area contributed by atoms with Crippen molar-refractivity contribution in [2.45, 2.75) is 69.9 Å². The molecule has 0 spiro atoms. The summed E-state index contributed by atoms with van der Waals surface area (Å²) < 4.78 is 46.3. The smallest absolute Gasteiger partial charge is 0.326 e. The van der Waals surface area contributed by atoms with E-state index in [-0.39, 0.29) is 25.2 Å². The SMILES string of the molecule is COC(CF)CN(CCCCc1ccc2c(n1)NCCC2)CCC(NC(=O)C(C)(C)c1ncc(F)cc1F)C(=O)O. The summed E-state index contributed by atoms with van der Waals surface area (Å²) in [7, 11) is 1.42. The van der Waals surface area contributed by atoms with Crippen LogP contribution in [0.5, 0.6) is 0 Å². The number of methoxy groups -OCH3 is 1. The largest absolute Gasteiger partial charge is 0.480 e. The van der Waals surface area contributed by atoms with Crippen LogP contribution in [0, 0.1) is 11.6 Å². The molecule has 2 unspecified atom stereocenters. The number of nitrogens with zero attached hydrogens (tertiary/aromatic N) is 3. The van der Waals surface area contributed by atoms with Crippen molar-refractivity contribution in [1.29, 1.82) is 0 Å². The lowest BCUT2D eigenvalue weighted by Crippen LogP contribution is -2.50. The second-order valence-electron chi connectivity index (χ2n) is 10.9. The summed E-state index contributed by atoms with van der Waals surface area (Å²) in [6, 6.07) is 3.50. The minimum absolute atomic E-state index is 0.0250. The number of hydrogen-bond acceptors (Lipinski definition) is 7. The standard InChI is InChI=1S/C29H40F3N5O4/c1-29(2,25-23(32)15-20(31)17-34-25)28(40)36-24(27(38)39)11-14-37(18-22(16-30)41-3)13-5-4-8-21-10-9-19-7-6-12-33-26(19)35-21/h9-10,15,17,22,24H,4-8,11-14,16,18H2,1-3H3,(H,33,35)(H,36,40)(H,38,39). The minimum atomic E-state index is -1.55. The summed E-state index contributed by atoms with van der Waals surface area (Å²) in [4.78, 5) is 35.4. The number of pyridine rings is 2. The number of carboxylic acid groups (broad SMARTS) is 1. The molecule has 0 aromatic carbocycles. The van der Waals surface area contributed by atoms with Gasteiger partial charge in [0.05, 0.1) is 23.4 Å². The van der Waals surface area contributed by atoms with Gasteiger partial charge in [-0.3, -0.25) is 9.78 Å². The third-order valence-corrected chi connectivity index (χ3v) is 7.38. The lowest BCUT2D eigenvalue weighted by molar-refractivity contribution is -0.143. The quantitative estimate of drug-likeness (QED) is 0.258. The van der Waals surface area contributed by atoms with Gasteiger partial charge in [0, 0.05) is 38.5 Å². The van der Waals surface area contributed by atoms with E-state index in [1.54, 1.807) is 0 Å². The van der Waals surface area contributed by atoms with Crippen molar-refractivity contribution in [3.8, 4) is 0 Å². The Morgan fingerprint density at radius 2 is 2.02 bits per heavy atom. The van der Waals surface area contributed by atoms with Gasteiger partial charge in [-0.2, -0.15) is 0 Å². The van der Waals surface area contributed by atoms with Gasteiger partial charge in [0.1, 0.15) is 30.2 Å². The van der Waals surface area contributed by atoms with Gasteiger partial charge < -0.3 is 25.4 Å². The Kier molecular flexibility index (Phi) is 11.9. The Labute approximate surface area is 238 Å². The van der Waals surface area contributed by atoms with Crippen LogP contribution in [0.25, 0.3) is 0 Å². The van der Waals surface area contributed by atoms with E-state index in [9.17, 15) is 27.9 Å². The number of ether oxygens (including phenoxy) is 1. The van der Waals surface area contributed by atoms with Crippen molar-refractivity contribution in [2.24, 2.45) is 0 Å². The average Bonchev–Trinajstić information content (AvgIpc) is 2.94. The second kappa shape index (κ2) is 15.1. The maximum atomic E-state index is 14.3. The van der Waals surface area contributed by atoms with Crippen LogP contribution >= 0.6 is 0 Å². The van der Waals surface area contributed by atoms with Crippen LogP contribution in [-0.2, 0) is 32.6 Å². The molecule has 0 radical (unpaired) electrons. The molecule has 3 rings (SSSR count). The number of halogens is 3. The number of aryl methyl sites for hydroxylation is 2. The third kappa shape index (κ3) is 9.12. The summed E-state index contributed by atoms with van der Waals surface area (Å²) >= 11 is 0. The number of nitrogens with one attached hydrogen (secondary N) is 2. The molecule has 2 aromatic rings. The number of anilines is 1. The highest BCUT2D eigenvalue weighted by atomic mass is 19.1. The van der Waals surface area contributed by atoms with Crippen molar-refractivity contribution in [3.63, 3.8) is 0 Å². The molecule has 1 aliphatic rings. The van der Waals surface area contributed by atoms with Crippen molar-refractivity contribution < 1.29 is 32.6 Å². The lowest BCUT2D eigenvalue weighted by atomic mass is 9.87. The number of unbranched alkanes of at least 4 members (excludes halogenated alkanes) is 1. The van der Waals surface area contributed by atoms with Gasteiger partial charge in [0.2, 0.25) is 5.91 Å². The first kappa shape index (κ1) is 32.3. The molecule has 226 valence electrons. The molecule has 0 bridgehead atoms. The van der Waals surface area contributed by atoms with E-state index in [1.165, 1.54) is 26.5 Å². The predicted molar refractivity (Wildman–Crippen MR) is 149 cm³/mol. The number of aliphatic carboxylic acids is 1. The second-order valence-corrected chi connectivity index (χ2v) is 10.9. The highest BCUT2D eigenvalue weighted by Gasteiger charge is 2.36. The normalized spacial score (nSPS) is 14.7. The maximum Gasteiger partial charge on any atom is 0.326 e. The molecular formula is C29H40F3N5O4. The highest BCUT2D eigenvalue weighted by Crippen LogP contribution is 2.25. The molecule has 12 heteroatoms. The van der Waals surface area contributed by atoms with Crippen LogP contribution in [0.2, 0.25) is 0 Å². The molecule has 2 atom stereocenters. The van der Waals surface area contributed by atoms with Gasteiger partial charge in [0.25, 0.3) is 0 Å². The van der Waals surface area contributed by atoms with E-state index < -0.39 is 47.7 Å². The van der Waals surface area contributed by atoms with Crippen molar-refractivity contribution in [1.82, 2.24) is 20.2 Å². The predicted octanol–water partition coefficient (Wildman–Crippen LogP) is 3.66. The molecule has 0 saturated heterocycles. The summed E-state index contributed by atoms with van der Waals surface area (Å²) in [5.41, 5.74) is 0.371. The molecule has 9 nitrogen and oxygen atoms in total. The number of carboxylic acids is 1. The lowest BCUT2D eigenvalue weighted by Gasteiger charge is -2.29. The van der Waals surface area contributed by atoms with Crippen LogP contribution in [0.1, 0.15) is 56.5 Å². The van der Waals surface area contributed by atoms with Crippen LogP contribution in [0.4, 0.5) is 19.0 Å². The minimum Gasteiger partial charge on any atom is -0.480 e. The van der Waals surface area contributed by atoms with Crippen LogP contribution < -0.4 is 10.6 Å². The Morgan fingerprint density at radius 1 is 1.24 bits per heavy atom. The number of fused-ring (bicyclic) bond motifs is 1. The molecule has 1 amide bonds. The van der Waals surface area contributed by atoms with Gasteiger partial charge in [-0.1, -0.05) is 6.07 Å². The number of amides is 1. The monoisotopic (exact) mass is 579 g/mol. The van der Waals surface area contributed by atoms with Crippen LogP contribution in [0.3, 0.4) is 0 Å². The number of alkyl halides is 1. The molecule has 41 heavy (non-hydrogen) atoms. The van der Waals surface area contributed by atoms with Gasteiger partial charge in [0.15, 0.2) is 0 Å². The van der Waals surface area contributed by atoms with Crippen molar-refractivity contribution >= 4 is 17.7 Å². The van der Waals surface area contributed by atoms with Crippen LogP contribution in [-0.4, -0.2) is 84.0 Å². The van der Waals surface area contributed by atoms with Gasteiger partial charge in [-0.15, -0.1) is 0 Å². The van der Waals surface area contributed by atoms with Gasteiger partial charge >= 0.3 is 5.97 Å². The topological polar surface area (TPSA) is 117 Å². The maximum absolute atomic E-state index is 14.3. The molecule has 0 fully saturated rings. The zero-order chi connectivity index (χ0) is 30.0. The Balaban J connectivity index is 1.58. The fraction of sp³-hybridized carbons (Fsp3) is 0.586. The third-order valence-electron chi connectivity index (χ3n) is 7.38. The number of rotatable bonds is 16. The summed E-state index contributed by atoms with van der Waals surface area (Å²) in [6.45, 7) is 4.07. The molecule has 0 saturated carbocycles. The van der Waals surface area contributed by atoms with E-state index in [0.29, 0.717) is 12.6 Å². The van der Waals surface area contributed by atoms with E-state index in [1.807, 2.05) is 11.0 Å². The Morgan fingerprint density at radius 3 is 2.71 bits per heavy atom. The summed E-state index contributed by atoms with van der Waals surface area (Å²) in [6.07, 6.45) is 4.64. The van der Waals surface area contributed by atoms with Gasteiger partial charge in [-0.05, 0) is 70.5 Å². The van der Waals surface area contributed by atoms with E-state index in [2.05, 4.69) is 21.7 Å². The summed E-state index contributed by atoms with van der Waals surface area (Å²) in [5, 5.41) is 15.6. The molecule has 0 aliphatic carbocycles. The fourth-order valence-corrected chi connectivity index (χ4v) is 4.81. The Bertz CT molecular complexity index is 1180. The summed E-state index contributed by atoms with van der Waals surface area (Å²) in [5.74, 6) is -2.96. The number of hydrogen-bond donors (Lipinski definition) is 3. The fourth-order valence-electron chi connectivity index (χ4n) is 4.81. The molecule has 3 heterocycles. The Hall–Kier alpha value is -3.25. The number of aromatic nitrogens is 2. The van der Waals surface area contributed by atoms with E-state index in [0.717, 1.165) is 56.4 Å². The van der Waals surface area contributed by atoms with Crippen molar-refractivity contribution in [2.75, 3.05) is 45.3 Å². The average molecular weight is 580 g/mol. The highest BCUT2D eigenvalue weighted by molar-refractivity contribution is 5.90. The zero-order valence-corrected chi connectivity index (χ0v) is 23.9. The van der Waals surface area contributed by atoms with Crippen LogP contribution in [0.15, 0.2) is 24.4 Å². The molecular weight excluding hydrogens is 539 g/mol. The molecule has 2 aromatic heterocycles. The first-order chi connectivity index (χ1) is 19.5. The molecule has 1 aliphatic heterocycles. The number of carbonyl (C=O) groups is 2. The van der Waals surface area contributed by atoms with E-state index >= 15 is 0 Å². The zero-order valence-electron chi connectivity index (χ0n) is 23.9. The first-order valence-corrected chi connectivity index (χ1v) is 13.9. The van der Waals surface area contributed by atoms with E-state index in [4.69, 9.17) is 9.72 Å². The first-order valence-electron chi connectivity index (χ1n) is 13.9. The number of carbonyl (C=O) groups excluding carboxylic acids is 1. The molecule has 3 N–H and O–H groups in total. The van der Waals surface area contributed by atoms with Crippen molar-refractivity contribution in [3.05, 3.63) is 53.0 Å². The van der Waals surface area contributed by atoms with Gasteiger partial charge in [-0.25, -0.2) is 22.9 Å².